The van der Waals surface area contributed by atoms with Gasteiger partial charge in [-0.1, -0.05) is 134 Å². The number of aryl methyl sites for hydroxylation is 1. The maximum atomic E-state index is 12.0. The largest absolute Gasteiger partial charge is 0.507 e. The Hall–Kier alpha value is -1.66. The van der Waals surface area contributed by atoms with Crippen molar-refractivity contribution in [2.24, 2.45) is 10.4 Å². The van der Waals surface area contributed by atoms with E-state index in [1.807, 2.05) is 0 Å². The van der Waals surface area contributed by atoms with Gasteiger partial charge < -0.3 is 5.11 Å². The molecule has 0 spiro atoms. The number of aliphatic imine (C=N–C) groups is 1. The lowest BCUT2D eigenvalue weighted by atomic mass is 9.60. The van der Waals surface area contributed by atoms with Crippen molar-refractivity contribution in [1.82, 2.24) is 0 Å². The summed E-state index contributed by atoms with van der Waals surface area (Å²) in [6.45, 7) is 32.2. The maximum absolute atomic E-state index is 12.0. The Balaban J connectivity index is 2.54. The summed E-state index contributed by atoms with van der Waals surface area (Å²) >= 11 is 0. The van der Waals surface area contributed by atoms with E-state index in [1.165, 1.54) is 27.8 Å². The Morgan fingerprint density at radius 2 is 1.39 bits per heavy atom. The van der Waals surface area contributed by atoms with Crippen LogP contribution in [0.5, 0.6) is 5.75 Å². The van der Waals surface area contributed by atoms with Gasteiger partial charge in [-0.05, 0) is 64.0 Å². The lowest BCUT2D eigenvalue weighted by Gasteiger charge is -2.45. The molecule has 210 valence electrons. The monoisotopic (exact) mass is 535 g/mol. The number of phenolic OH excluding ortho intramolecular Hbond substituents is 1. The highest BCUT2D eigenvalue weighted by molar-refractivity contribution is 7.77. The molecular formula is C35H54NOP. The summed E-state index contributed by atoms with van der Waals surface area (Å²) in [6.07, 6.45) is 2.15. The zero-order valence-corrected chi connectivity index (χ0v) is 27.7. The number of para-hydroxylation sites is 1. The fourth-order valence-electron chi connectivity index (χ4n) is 6.33. The van der Waals surface area contributed by atoms with Crippen LogP contribution < -0.4 is 0 Å². The van der Waals surface area contributed by atoms with E-state index >= 15 is 0 Å². The summed E-state index contributed by atoms with van der Waals surface area (Å²) < 4.78 is 0. The summed E-state index contributed by atoms with van der Waals surface area (Å²) in [4.78, 5) is 5.84. The van der Waals surface area contributed by atoms with E-state index in [4.69, 9.17) is 4.99 Å². The number of benzene rings is 2. The second-order valence-electron chi connectivity index (χ2n) is 15.2. The normalized spacial score (nSPS) is 22.2. The second kappa shape index (κ2) is 10.4. The van der Waals surface area contributed by atoms with Crippen molar-refractivity contribution in [3.8, 4) is 5.75 Å². The predicted molar refractivity (Wildman–Crippen MR) is 171 cm³/mol. The average Bonchev–Trinajstić information content (AvgIpc) is 3.14. The number of hydrogen-bond donors (Lipinski definition) is 1. The minimum absolute atomic E-state index is 0.123. The molecule has 38 heavy (non-hydrogen) atoms. The molecule has 3 heteroatoms. The standard InChI is InChI=1S/C35H54NOP/c1-22(2)25-16-15-17-26(23(3)4)29(25)36-31-35(33(9,10)11,18-19-38(31)34(12,13)14)28-21-24(5)20-27(30(28)37)32(6,7)8/h15-17,20-23,37H,18-19H2,1-14H3. The summed E-state index contributed by atoms with van der Waals surface area (Å²) in [6, 6.07) is 11.2. The second-order valence-corrected chi connectivity index (χ2v) is 18.3. The summed E-state index contributed by atoms with van der Waals surface area (Å²) in [5.74, 6) is 1.25. The molecule has 2 nitrogen and oxygen atoms in total. The maximum Gasteiger partial charge on any atom is 0.123 e. The quantitative estimate of drug-likeness (QED) is 0.388. The average molecular weight is 536 g/mol. The Morgan fingerprint density at radius 3 is 1.82 bits per heavy atom. The third kappa shape index (κ3) is 5.50. The highest BCUT2D eigenvalue weighted by Crippen LogP contribution is 2.68. The Bertz CT molecular complexity index is 1170. The van der Waals surface area contributed by atoms with E-state index in [1.54, 1.807) is 0 Å². The van der Waals surface area contributed by atoms with Crippen molar-refractivity contribution in [2.75, 3.05) is 6.16 Å². The van der Waals surface area contributed by atoms with E-state index in [0.717, 1.165) is 23.7 Å². The molecule has 1 fully saturated rings. The smallest absolute Gasteiger partial charge is 0.123 e. The lowest BCUT2D eigenvalue weighted by molar-refractivity contribution is 0.252. The van der Waals surface area contributed by atoms with Gasteiger partial charge in [-0.2, -0.15) is 0 Å². The zero-order chi connectivity index (χ0) is 29.0. The van der Waals surface area contributed by atoms with Crippen LogP contribution in [0.3, 0.4) is 0 Å². The van der Waals surface area contributed by atoms with Crippen molar-refractivity contribution in [1.29, 1.82) is 0 Å². The number of hydrogen-bond acceptors (Lipinski definition) is 2. The molecule has 2 atom stereocenters. The molecular weight excluding hydrogens is 481 g/mol. The van der Waals surface area contributed by atoms with Crippen molar-refractivity contribution in [2.45, 2.75) is 131 Å². The van der Waals surface area contributed by atoms with Gasteiger partial charge in [-0.3, -0.25) is 4.99 Å². The van der Waals surface area contributed by atoms with Gasteiger partial charge in [0.2, 0.25) is 0 Å². The predicted octanol–water partition coefficient (Wildman–Crippen LogP) is 10.9. The lowest BCUT2D eigenvalue weighted by Crippen LogP contribution is -2.44. The first-order valence-corrected chi connectivity index (χ1v) is 16.1. The first-order valence-electron chi connectivity index (χ1n) is 14.6. The highest BCUT2D eigenvalue weighted by atomic mass is 31.1. The SMILES string of the molecule is Cc1cc(C(C)(C)C)c(O)c(C2(C(C)(C)C)CCP(C(C)(C)C)C2=Nc2c(C(C)C)cccc2C(C)C)c1. The van der Waals surface area contributed by atoms with Gasteiger partial charge in [0.1, 0.15) is 5.75 Å². The van der Waals surface area contributed by atoms with Crippen LogP contribution in [0.2, 0.25) is 0 Å². The van der Waals surface area contributed by atoms with Crippen LogP contribution in [-0.4, -0.2) is 21.9 Å². The Labute approximate surface area is 235 Å². The first kappa shape index (κ1) is 30.9. The van der Waals surface area contributed by atoms with Crippen molar-refractivity contribution >= 4 is 19.1 Å². The molecule has 2 unspecified atom stereocenters. The summed E-state index contributed by atoms with van der Waals surface area (Å²) in [7, 11) is -0.533. The van der Waals surface area contributed by atoms with Gasteiger partial charge in [0, 0.05) is 11.0 Å². The number of phenols is 1. The van der Waals surface area contributed by atoms with Crippen LogP contribution in [0.4, 0.5) is 5.69 Å². The van der Waals surface area contributed by atoms with Crippen LogP contribution in [0.1, 0.15) is 136 Å². The molecule has 0 amide bonds. The number of rotatable bonds is 4. The fraction of sp³-hybridized carbons (Fsp3) is 0.629. The van der Waals surface area contributed by atoms with Crippen LogP contribution in [-0.2, 0) is 10.8 Å². The molecule has 0 bridgehead atoms. The highest BCUT2D eigenvalue weighted by Gasteiger charge is 2.57. The topological polar surface area (TPSA) is 32.6 Å². The van der Waals surface area contributed by atoms with Crippen LogP contribution in [0.25, 0.3) is 0 Å². The fourth-order valence-corrected chi connectivity index (χ4v) is 9.65. The van der Waals surface area contributed by atoms with Gasteiger partial charge in [0.25, 0.3) is 0 Å². The zero-order valence-electron chi connectivity index (χ0n) is 26.8. The Morgan fingerprint density at radius 1 is 0.868 bits per heavy atom. The molecule has 0 aromatic heterocycles. The van der Waals surface area contributed by atoms with Crippen LogP contribution in [0, 0.1) is 12.3 Å². The van der Waals surface area contributed by atoms with Crippen molar-refractivity contribution < 1.29 is 5.11 Å². The van der Waals surface area contributed by atoms with Gasteiger partial charge in [-0.15, -0.1) is 0 Å². The number of aromatic hydroxyl groups is 1. The molecule has 0 aliphatic carbocycles. The van der Waals surface area contributed by atoms with Gasteiger partial charge in [-0.25, -0.2) is 0 Å². The van der Waals surface area contributed by atoms with Crippen LogP contribution in [0.15, 0.2) is 35.3 Å². The molecule has 2 aromatic rings. The third-order valence-electron chi connectivity index (χ3n) is 8.52. The minimum atomic E-state index is -0.533. The molecule has 2 aromatic carbocycles. The van der Waals surface area contributed by atoms with Gasteiger partial charge in [0.05, 0.1) is 11.1 Å². The summed E-state index contributed by atoms with van der Waals surface area (Å²) in [5, 5.41) is 12.2. The van der Waals surface area contributed by atoms with E-state index in [2.05, 4.69) is 127 Å². The van der Waals surface area contributed by atoms with Crippen molar-refractivity contribution in [3.05, 3.63) is 58.1 Å². The molecule has 1 aliphatic rings. The molecule has 0 saturated carbocycles. The molecule has 1 N–H and O–H groups in total. The molecule has 3 rings (SSSR count). The van der Waals surface area contributed by atoms with E-state index in [9.17, 15) is 5.11 Å². The summed E-state index contributed by atoms with van der Waals surface area (Å²) in [5.41, 5.74) is 7.85. The van der Waals surface area contributed by atoms with E-state index in [-0.39, 0.29) is 21.4 Å². The van der Waals surface area contributed by atoms with E-state index in [0.29, 0.717) is 17.6 Å². The van der Waals surface area contributed by atoms with Gasteiger partial charge in [0.15, 0.2) is 0 Å². The molecule has 1 saturated heterocycles. The number of nitrogens with zero attached hydrogens (tertiary/aromatic N) is 1. The Kier molecular flexibility index (Phi) is 8.44. The van der Waals surface area contributed by atoms with E-state index < -0.39 is 7.92 Å². The first-order chi connectivity index (χ1) is 17.2. The van der Waals surface area contributed by atoms with Crippen LogP contribution >= 0.6 is 7.92 Å². The third-order valence-corrected chi connectivity index (χ3v) is 11.8. The van der Waals surface area contributed by atoms with Crippen molar-refractivity contribution in [3.63, 3.8) is 0 Å². The molecule has 1 heterocycles. The van der Waals surface area contributed by atoms with Gasteiger partial charge >= 0.3 is 0 Å². The minimum Gasteiger partial charge on any atom is -0.507 e. The molecule has 1 aliphatic heterocycles. The molecule has 0 radical (unpaired) electrons.